The van der Waals surface area contributed by atoms with Crippen molar-refractivity contribution < 1.29 is 9.53 Å². The Labute approximate surface area is 116 Å². The van der Waals surface area contributed by atoms with E-state index in [2.05, 4.69) is 32.0 Å². The SMILES string of the molecule is COC(=O)CC(c1ccc2c(c1)CCCC2)C(C)C. The molecule has 0 spiro atoms. The lowest BCUT2D eigenvalue weighted by molar-refractivity contribution is -0.141. The molecule has 0 saturated heterocycles. The lowest BCUT2D eigenvalue weighted by atomic mass is 9.82. The molecule has 1 aromatic carbocycles. The molecular formula is C17H24O2. The molecule has 0 aromatic heterocycles. The molecule has 2 rings (SSSR count). The van der Waals surface area contributed by atoms with Crippen LogP contribution in [0.2, 0.25) is 0 Å². The first-order valence-electron chi connectivity index (χ1n) is 7.30. The Morgan fingerprint density at radius 2 is 1.89 bits per heavy atom. The molecule has 1 aromatic rings. The smallest absolute Gasteiger partial charge is 0.306 e. The number of rotatable bonds is 4. The molecule has 0 amide bonds. The van der Waals surface area contributed by atoms with Gasteiger partial charge in [-0.1, -0.05) is 32.0 Å². The van der Waals surface area contributed by atoms with Crippen molar-refractivity contribution in [3.05, 3.63) is 34.9 Å². The summed E-state index contributed by atoms with van der Waals surface area (Å²) in [6.07, 6.45) is 5.47. The standard InChI is InChI=1S/C17H24O2/c1-12(2)16(11-17(18)19-3)15-9-8-13-6-4-5-7-14(13)10-15/h8-10,12,16H,4-7,11H2,1-3H3. The highest BCUT2D eigenvalue weighted by Gasteiger charge is 2.21. The highest BCUT2D eigenvalue weighted by molar-refractivity contribution is 5.70. The summed E-state index contributed by atoms with van der Waals surface area (Å²) in [5, 5.41) is 0. The average molecular weight is 260 g/mol. The van der Waals surface area contributed by atoms with Crippen molar-refractivity contribution in [2.75, 3.05) is 7.11 Å². The molecule has 19 heavy (non-hydrogen) atoms. The van der Waals surface area contributed by atoms with Gasteiger partial charge in [-0.3, -0.25) is 4.79 Å². The fourth-order valence-electron chi connectivity index (χ4n) is 2.99. The summed E-state index contributed by atoms with van der Waals surface area (Å²) in [7, 11) is 1.46. The largest absolute Gasteiger partial charge is 0.469 e. The van der Waals surface area contributed by atoms with Crippen molar-refractivity contribution in [1.82, 2.24) is 0 Å². The van der Waals surface area contributed by atoms with E-state index >= 15 is 0 Å². The summed E-state index contributed by atoms with van der Waals surface area (Å²) >= 11 is 0. The zero-order valence-electron chi connectivity index (χ0n) is 12.2. The first-order chi connectivity index (χ1) is 9.11. The first-order valence-corrected chi connectivity index (χ1v) is 7.30. The Morgan fingerprint density at radius 3 is 2.53 bits per heavy atom. The predicted octanol–water partition coefficient (Wildman–Crippen LogP) is 3.87. The van der Waals surface area contributed by atoms with Gasteiger partial charge in [0.25, 0.3) is 0 Å². The van der Waals surface area contributed by atoms with Crippen LogP contribution in [-0.2, 0) is 22.4 Å². The van der Waals surface area contributed by atoms with E-state index in [4.69, 9.17) is 4.74 Å². The van der Waals surface area contributed by atoms with E-state index in [1.807, 2.05) is 0 Å². The van der Waals surface area contributed by atoms with Gasteiger partial charge in [0.2, 0.25) is 0 Å². The molecule has 1 aliphatic rings. The number of carbonyl (C=O) groups is 1. The average Bonchev–Trinajstić information content (AvgIpc) is 2.43. The van der Waals surface area contributed by atoms with E-state index in [0.29, 0.717) is 12.3 Å². The summed E-state index contributed by atoms with van der Waals surface area (Å²) < 4.78 is 4.83. The zero-order chi connectivity index (χ0) is 13.8. The molecule has 1 unspecified atom stereocenters. The number of aryl methyl sites for hydroxylation is 2. The maximum absolute atomic E-state index is 11.6. The fraction of sp³-hybridized carbons (Fsp3) is 0.588. The van der Waals surface area contributed by atoms with E-state index in [1.165, 1.54) is 49.5 Å². The zero-order valence-corrected chi connectivity index (χ0v) is 12.2. The Kier molecular flexibility index (Phi) is 4.62. The number of benzene rings is 1. The second-order valence-electron chi connectivity index (χ2n) is 5.87. The van der Waals surface area contributed by atoms with Gasteiger partial charge in [0.15, 0.2) is 0 Å². The third-order valence-electron chi connectivity index (χ3n) is 4.22. The van der Waals surface area contributed by atoms with Crippen molar-refractivity contribution in [2.24, 2.45) is 5.92 Å². The van der Waals surface area contributed by atoms with Crippen molar-refractivity contribution >= 4 is 5.97 Å². The van der Waals surface area contributed by atoms with E-state index in [9.17, 15) is 4.79 Å². The lowest BCUT2D eigenvalue weighted by Crippen LogP contribution is -2.14. The minimum atomic E-state index is -0.114. The van der Waals surface area contributed by atoms with Crippen LogP contribution < -0.4 is 0 Å². The van der Waals surface area contributed by atoms with E-state index in [1.54, 1.807) is 0 Å². The second-order valence-corrected chi connectivity index (χ2v) is 5.87. The van der Waals surface area contributed by atoms with E-state index in [0.717, 1.165) is 0 Å². The van der Waals surface area contributed by atoms with Crippen molar-refractivity contribution in [2.45, 2.75) is 51.9 Å². The third kappa shape index (κ3) is 3.37. The molecular weight excluding hydrogens is 236 g/mol. The van der Waals surface area contributed by atoms with Crippen LogP contribution in [0.4, 0.5) is 0 Å². The minimum absolute atomic E-state index is 0.114. The van der Waals surface area contributed by atoms with Gasteiger partial charge >= 0.3 is 5.97 Å². The molecule has 104 valence electrons. The van der Waals surface area contributed by atoms with Crippen molar-refractivity contribution in [3.8, 4) is 0 Å². The summed E-state index contributed by atoms with van der Waals surface area (Å²) in [6, 6.07) is 6.79. The van der Waals surface area contributed by atoms with Gasteiger partial charge in [-0.05, 0) is 54.2 Å². The van der Waals surface area contributed by atoms with Crippen LogP contribution >= 0.6 is 0 Å². The van der Waals surface area contributed by atoms with Gasteiger partial charge in [-0.2, -0.15) is 0 Å². The fourth-order valence-corrected chi connectivity index (χ4v) is 2.99. The molecule has 0 bridgehead atoms. The van der Waals surface area contributed by atoms with Crippen molar-refractivity contribution in [3.63, 3.8) is 0 Å². The number of hydrogen-bond acceptors (Lipinski definition) is 2. The van der Waals surface area contributed by atoms with Crippen LogP contribution in [0, 0.1) is 5.92 Å². The number of esters is 1. The molecule has 0 heterocycles. The third-order valence-corrected chi connectivity index (χ3v) is 4.22. The molecule has 0 fully saturated rings. The van der Waals surface area contributed by atoms with E-state index < -0.39 is 0 Å². The molecule has 0 aliphatic heterocycles. The maximum Gasteiger partial charge on any atom is 0.306 e. The highest BCUT2D eigenvalue weighted by atomic mass is 16.5. The molecule has 2 nitrogen and oxygen atoms in total. The summed E-state index contributed by atoms with van der Waals surface area (Å²) in [6.45, 7) is 4.35. The number of carbonyl (C=O) groups excluding carboxylic acids is 1. The maximum atomic E-state index is 11.6. The predicted molar refractivity (Wildman–Crippen MR) is 77.3 cm³/mol. The van der Waals surface area contributed by atoms with Gasteiger partial charge < -0.3 is 4.74 Å². The number of methoxy groups -OCH3 is 1. The molecule has 0 saturated carbocycles. The number of hydrogen-bond donors (Lipinski definition) is 0. The minimum Gasteiger partial charge on any atom is -0.469 e. The molecule has 2 heteroatoms. The van der Waals surface area contributed by atoms with Gasteiger partial charge in [0.1, 0.15) is 0 Å². The van der Waals surface area contributed by atoms with Crippen LogP contribution in [0.15, 0.2) is 18.2 Å². The van der Waals surface area contributed by atoms with Gasteiger partial charge in [-0.25, -0.2) is 0 Å². The van der Waals surface area contributed by atoms with Crippen LogP contribution in [0.5, 0.6) is 0 Å². The van der Waals surface area contributed by atoms with Crippen LogP contribution in [0.25, 0.3) is 0 Å². The van der Waals surface area contributed by atoms with Crippen molar-refractivity contribution in [1.29, 1.82) is 0 Å². The molecule has 1 atom stereocenters. The quantitative estimate of drug-likeness (QED) is 0.768. The lowest BCUT2D eigenvalue weighted by Gasteiger charge is -2.23. The van der Waals surface area contributed by atoms with Gasteiger partial charge in [-0.15, -0.1) is 0 Å². The summed E-state index contributed by atoms with van der Waals surface area (Å²) in [4.78, 5) is 11.6. The number of ether oxygens (including phenoxy) is 1. The van der Waals surface area contributed by atoms with E-state index in [-0.39, 0.29) is 11.9 Å². The van der Waals surface area contributed by atoms with Gasteiger partial charge in [0, 0.05) is 0 Å². The summed E-state index contributed by atoms with van der Waals surface area (Å²) in [5.74, 6) is 0.594. The van der Waals surface area contributed by atoms with Crippen LogP contribution in [-0.4, -0.2) is 13.1 Å². The summed E-state index contributed by atoms with van der Waals surface area (Å²) in [5.41, 5.74) is 4.27. The van der Waals surface area contributed by atoms with Gasteiger partial charge in [0.05, 0.1) is 13.5 Å². The van der Waals surface area contributed by atoms with Crippen LogP contribution in [0.3, 0.4) is 0 Å². The number of fused-ring (bicyclic) bond motifs is 1. The Hall–Kier alpha value is -1.31. The second kappa shape index (κ2) is 6.23. The first kappa shape index (κ1) is 14.1. The topological polar surface area (TPSA) is 26.3 Å². The molecule has 1 aliphatic carbocycles. The Morgan fingerprint density at radius 1 is 1.21 bits per heavy atom. The normalized spacial score (nSPS) is 16.0. The monoisotopic (exact) mass is 260 g/mol. The van der Waals surface area contributed by atoms with Crippen LogP contribution in [0.1, 0.15) is 55.7 Å². The molecule has 0 N–H and O–H groups in total. The Balaban J connectivity index is 2.24. The molecule has 0 radical (unpaired) electrons. The Bertz CT molecular complexity index is 449. The highest BCUT2D eigenvalue weighted by Crippen LogP contribution is 2.31.